The molecular weight excluding hydrogens is 383 g/mol. The molecule has 3 rings (SSSR count). The Balaban J connectivity index is 0.00000182. The normalized spacial score (nSPS) is 15.3. The summed E-state index contributed by atoms with van der Waals surface area (Å²) in [6, 6.07) is 8.15. The highest BCUT2D eigenvalue weighted by Gasteiger charge is 2.29. The van der Waals surface area contributed by atoms with Crippen molar-refractivity contribution in [1.29, 1.82) is 0 Å². The maximum absolute atomic E-state index is 13.1. The third-order valence-electron chi connectivity index (χ3n) is 5.05. The third kappa shape index (κ3) is 6.52. The fourth-order valence-corrected chi connectivity index (χ4v) is 3.72. The number of rotatable bonds is 6. The number of halogens is 2. The van der Waals surface area contributed by atoms with Crippen LogP contribution in [0.4, 0.5) is 0 Å². The number of nitrogens with one attached hydrogen (secondary N) is 1. The molecule has 1 atom stereocenters. The molecule has 0 aliphatic heterocycles. The summed E-state index contributed by atoms with van der Waals surface area (Å²) in [6.07, 6.45) is 9.66. The molecule has 2 aromatic rings. The highest BCUT2D eigenvalue weighted by Crippen LogP contribution is 2.25. The van der Waals surface area contributed by atoms with E-state index in [4.69, 9.17) is 5.73 Å². The first-order chi connectivity index (χ1) is 12.1. The van der Waals surface area contributed by atoms with Crippen LogP contribution in [0.5, 0.6) is 0 Å². The first kappa shape index (κ1) is 23.5. The molecule has 1 fully saturated rings. The molecule has 150 valence electrons. The Morgan fingerprint density at radius 2 is 2.04 bits per heavy atom. The Hall–Kier alpha value is -1.56. The zero-order chi connectivity index (χ0) is 17.6. The van der Waals surface area contributed by atoms with Gasteiger partial charge in [-0.1, -0.05) is 49.1 Å². The zero-order valence-corrected chi connectivity index (χ0v) is 17.4. The number of hydrogen-bond acceptors (Lipinski definition) is 3. The number of aromatic nitrogens is 2. The maximum Gasteiger partial charge on any atom is 0.240 e. The Morgan fingerprint density at radius 1 is 1.30 bits per heavy atom. The van der Waals surface area contributed by atoms with Gasteiger partial charge in [-0.3, -0.25) is 4.79 Å². The molecule has 3 N–H and O–H groups in total. The van der Waals surface area contributed by atoms with Crippen LogP contribution in [0.15, 0.2) is 36.8 Å². The van der Waals surface area contributed by atoms with E-state index >= 15 is 0 Å². The molecule has 1 aromatic heterocycles. The standard InChI is InChI=1S/C20H28N4O.2ClH/c1-15-6-5-7-16(10-15)13-24(18-8-3-2-4-9-18)20(25)19(21)11-17-12-22-14-23-17;;/h5-7,10,12,14,18-19H,2-4,8-9,11,13,21H2,1H3,(H,22,23);2*1H/t19-;;/m0../s1. The monoisotopic (exact) mass is 412 g/mol. The summed E-state index contributed by atoms with van der Waals surface area (Å²) >= 11 is 0. The van der Waals surface area contributed by atoms with E-state index in [1.54, 1.807) is 12.5 Å². The van der Waals surface area contributed by atoms with Crippen molar-refractivity contribution in [1.82, 2.24) is 14.9 Å². The lowest BCUT2D eigenvalue weighted by Crippen LogP contribution is -2.49. The van der Waals surface area contributed by atoms with Crippen molar-refractivity contribution < 1.29 is 4.79 Å². The van der Waals surface area contributed by atoms with Gasteiger partial charge in [0.15, 0.2) is 0 Å². The topological polar surface area (TPSA) is 75.0 Å². The maximum atomic E-state index is 13.1. The largest absolute Gasteiger partial charge is 0.348 e. The zero-order valence-electron chi connectivity index (χ0n) is 15.8. The molecule has 5 nitrogen and oxygen atoms in total. The van der Waals surface area contributed by atoms with Gasteiger partial charge in [0, 0.05) is 30.9 Å². The van der Waals surface area contributed by atoms with E-state index in [0.29, 0.717) is 19.0 Å². The Kier molecular flexibility index (Phi) is 9.84. The number of carbonyl (C=O) groups excluding carboxylic acids is 1. The molecule has 0 unspecified atom stereocenters. The highest BCUT2D eigenvalue weighted by atomic mass is 35.5. The van der Waals surface area contributed by atoms with Crippen LogP contribution in [0.25, 0.3) is 0 Å². The second-order valence-electron chi connectivity index (χ2n) is 7.13. The predicted octanol–water partition coefficient (Wildman–Crippen LogP) is 3.79. The summed E-state index contributed by atoms with van der Waals surface area (Å²) in [4.78, 5) is 22.2. The molecule has 1 aromatic carbocycles. The van der Waals surface area contributed by atoms with E-state index in [0.717, 1.165) is 18.5 Å². The fourth-order valence-electron chi connectivity index (χ4n) is 3.72. The van der Waals surface area contributed by atoms with Gasteiger partial charge in [0.1, 0.15) is 0 Å². The summed E-state index contributed by atoms with van der Waals surface area (Å²) in [7, 11) is 0. The second-order valence-corrected chi connectivity index (χ2v) is 7.13. The van der Waals surface area contributed by atoms with Gasteiger partial charge in [-0.2, -0.15) is 0 Å². The average molecular weight is 413 g/mol. The molecule has 0 saturated heterocycles. The molecule has 0 radical (unpaired) electrons. The summed E-state index contributed by atoms with van der Waals surface area (Å²) in [6.45, 7) is 2.72. The van der Waals surface area contributed by atoms with Crippen molar-refractivity contribution >= 4 is 30.7 Å². The van der Waals surface area contributed by atoms with Crippen LogP contribution >= 0.6 is 24.8 Å². The second kappa shape index (κ2) is 11.3. The minimum absolute atomic E-state index is 0. The van der Waals surface area contributed by atoms with Gasteiger partial charge in [-0.15, -0.1) is 24.8 Å². The van der Waals surface area contributed by atoms with Gasteiger partial charge in [-0.25, -0.2) is 4.98 Å². The smallest absolute Gasteiger partial charge is 0.240 e. The fraction of sp³-hybridized carbons (Fsp3) is 0.500. The van der Waals surface area contributed by atoms with Crippen molar-refractivity contribution in [2.75, 3.05) is 0 Å². The number of aromatic amines is 1. The third-order valence-corrected chi connectivity index (χ3v) is 5.05. The van der Waals surface area contributed by atoms with Gasteiger partial charge in [-0.05, 0) is 25.3 Å². The van der Waals surface area contributed by atoms with E-state index in [-0.39, 0.29) is 30.7 Å². The van der Waals surface area contributed by atoms with Crippen LogP contribution in [0.1, 0.15) is 48.9 Å². The van der Waals surface area contributed by atoms with Gasteiger partial charge >= 0.3 is 0 Å². The molecular formula is C20H30Cl2N4O. The predicted molar refractivity (Wildman–Crippen MR) is 113 cm³/mol. The summed E-state index contributed by atoms with van der Waals surface area (Å²) < 4.78 is 0. The Morgan fingerprint density at radius 3 is 2.67 bits per heavy atom. The number of benzene rings is 1. The number of H-pyrrole nitrogens is 1. The molecule has 1 saturated carbocycles. The molecule has 7 heteroatoms. The molecule has 1 amide bonds. The highest BCUT2D eigenvalue weighted by molar-refractivity contribution is 5.85. The SMILES string of the molecule is Cc1cccc(CN(C(=O)[C@@H](N)Cc2cnc[nH]2)C2CCCCC2)c1.Cl.Cl. The minimum Gasteiger partial charge on any atom is -0.348 e. The number of hydrogen-bond donors (Lipinski definition) is 2. The number of aryl methyl sites for hydroxylation is 1. The number of nitrogens with zero attached hydrogens (tertiary/aromatic N) is 2. The number of carbonyl (C=O) groups is 1. The van der Waals surface area contributed by atoms with Gasteiger partial charge in [0.2, 0.25) is 5.91 Å². The van der Waals surface area contributed by atoms with Gasteiger partial charge < -0.3 is 15.6 Å². The van der Waals surface area contributed by atoms with Gasteiger partial charge in [0.05, 0.1) is 12.4 Å². The first-order valence-electron chi connectivity index (χ1n) is 9.22. The Bertz CT molecular complexity index is 687. The van der Waals surface area contributed by atoms with Crippen LogP contribution in [0.2, 0.25) is 0 Å². The number of nitrogens with two attached hydrogens (primary N) is 1. The molecule has 1 aliphatic carbocycles. The minimum atomic E-state index is -0.535. The lowest BCUT2D eigenvalue weighted by atomic mass is 9.93. The molecule has 0 spiro atoms. The van der Waals surface area contributed by atoms with Crippen LogP contribution in [0.3, 0.4) is 0 Å². The van der Waals surface area contributed by atoms with Crippen LogP contribution < -0.4 is 5.73 Å². The number of imidazole rings is 1. The van der Waals surface area contributed by atoms with E-state index in [2.05, 4.69) is 41.2 Å². The summed E-state index contributed by atoms with van der Waals surface area (Å²) in [5.41, 5.74) is 9.55. The van der Waals surface area contributed by atoms with E-state index in [1.807, 2.05) is 4.90 Å². The molecule has 1 aliphatic rings. The quantitative estimate of drug-likeness (QED) is 0.757. The molecule has 27 heavy (non-hydrogen) atoms. The van der Waals surface area contributed by atoms with E-state index in [9.17, 15) is 4.79 Å². The molecule has 0 bridgehead atoms. The summed E-state index contributed by atoms with van der Waals surface area (Å²) in [5.74, 6) is 0.0445. The van der Waals surface area contributed by atoms with Crippen molar-refractivity contribution in [2.45, 2.75) is 64.1 Å². The van der Waals surface area contributed by atoms with Crippen LogP contribution in [0, 0.1) is 6.92 Å². The lowest BCUT2D eigenvalue weighted by molar-refractivity contribution is -0.136. The van der Waals surface area contributed by atoms with Crippen molar-refractivity contribution in [3.63, 3.8) is 0 Å². The van der Waals surface area contributed by atoms with Crippen molar-refractivity contribution in [3.8, 4) is 0 Å². The Labute approximate surface area is 173 Å². The van der Waals surface area contributed by atoms with Crippen molar-refractivity contribution in [2.24, 2.45) is 5.73 Å². The molecule has 1 heterocycles. The van der Waals surface area contributed by atoms with E-state index in [1.165, 1.54) is 30.4 Å². The van der Waals surface area contributed by atoms with Crippen molar-refractivity contribution in [3.05, 3.63) is 53.6 Å². The lowest BCUT2D eigenvalue weighted by Gasteiger charge is -2.36. The number of amides is 1. The van der Waals surface area contributed by atoms with Crippen LogP contribution in [-0.4, -0.2) is 32.9 Å². The summed E-state index contributed by atoms with van der Waals surface area (Å²) in [5, 5.41) is 0. The van der Waals surface area contributed by atoms with E-state index < -0.39 is 6.04 Å². The average Bonchev–Trinajstić information content (AvgIpc) is 3.13. The first-order valence-corrected chi connectivity index (χ1v) is 9.22. The van der Waals surface area contributed by atoms with Crippen LogP contribution in [-0.2, 0) is 17.8 Å². The van der Waals surface area contributed by atoms with Gasteiger partial charge in [0.25, 0.3) is 0 Å².